The van der Waals surface area contributed by atoms with Crippen molar-refractivity contribution >= 4 is 31.5 Å². The Morgan fingerprint density at radius 1 is 0.719 bits per heavy atom. The third-order valence-corrected chi connectivity index (χ3v) is 8.96. The standard InChI is InChI=1S/C23H22N2O5S2/c26-23(18-7-6-10-22(17-18)32(29,30)25-15-4-5-16-25)24-19-11-13-21(14-12-19)31(27,28)20-8-2-1-3-9-20/h1-3,6-14,17H,4-5,15-16H2,(H,24,26). The van der Waals surface area contributed by atoms with Gasteiger partial charge in [-0.15, -0.1) is 0 Å². The predicted molar refractivity (Wildman–Crippen MR) is 121 cm³/mol. The molecule has 7 nitrogen and oxygen atoms in total. The molecule has 1 N–H and O–H groups in total. The molecule has 3 aromatic carbocycles. The maximum atomic E-state index is 12.8. The predicted octanol–water partition coefficient (Wildman–Crippen LogP) is 3.56. The van der Waals surface area contributed by atoms with Crippen molar-refractivity contribution in [2.75, 3.05) is 18.4 Å². The lowest BCUT2D eigenvalue weighted by atomic mass is 10.2. The van der Waals surface area contributed by atoms with Gasteiger partial charge < -0.3 is 5.32 Å². The van der Waals surface area contributed by atoms with Gasteiger partial charge in [0.1, 0.15) is 0 Å². The molecule has 0 spiro atoms. The number of hydrogen-bond donors (Lipinski definition) is 1. The molecule has 0 atom stereocenters. The summed E-state index contributed by atoms with van der Waals surface area (Å²) in [6.07, 6.45) is 1.66. The van der Waals surface area contributed by atoms with Crippen LogP contribution in [0.3, 0.4) is 0 Å². The lowest BCUT2D eigenvalue weighted by molar-refractivity contribution is 0.102. The van der Waals surface area contributed by atoms with E-state index in [0.717, 1.165) is 12.8 Å². The second-order valence-corrected chi connectivity index (χ2v) is 11.3. The van der Waals surface area contributed by atoms with Crippen molar-refractivity contribution in [3.8, 4) is 0 Å². The zero-order valence-corrected chi connectivity index (χ0v) is 18.8. The molecule has 0 saturated carbocycles. The first-order valence-corrected chi connectivity index (χ1v) is 13.0. The lowest BCUT2D eigenvalue weighted by Gasteiger charge is -2.16. The number of rotatable bonds is 6. The molecule has 1 saturated heterocycles. The van der Waals surface area contributed by atoms with Gasteiger partial charge in [0.15, 0.2) is 0 Å². The van der Waals surface area contributed by atoms with Crippen LogP contribution in [0.15, 0.2) is 93.5 Å². The summed E-state index contributed by atoms with van der Waals surface area (Å²) < 4.78 is 52.3. The molecule has 1 amide bonds. The summed E-state index contributed by atoms with van der Waals surface area (Å²) in [6.45, 7) is 0.966. The monoisotopic (exact) mass is 470 g/mol. The van der Waals surface area contributed by atoms with Crippen molar-refractivity contribution in [2.45, 2.75) is 27.5 Å². The molecule has 0 aromatic heterocycles. The van der Waals surface area contributed by atoms with Crippen LogP contribution in [0, 0.1) is 0 Å². The molecular formula is C23H22N2O5S2. The molecule has 0 unspecified atom stereocenters. The van der Waals surface area contributed by atoms with E-state index < -0.39 is 25.8 Å². The van der Waals surface area contributed by atoms with E-state index in [0.29, 0.717) is 18.8 Å². The number of amides is 1. The Morgan fingerprint density at radius 2 is 1.31 bits per heavy atom. The number of nitrogens with zero attached hydrogens (tertiary/aromatic N) is 1. The van der Waals surface area contributed by atoms with Crippen LogP contribution in [0.1, 0.15) is 23.2 Å². The zero-order chi connectivity index (χ0) is 22.8. The molecule has 1 aliphatic rings. The second kappa shape index (κ2) is 8.85. The first kappa shape index (κ1) is 22.2. The van der Waals surface area contributed by atoms with Crippen molar-refractivity contribution in [1.82, 2.24) is 4.31 Å². The molecule has 1 heterocycles. The Morgan fingerprint density at radius 3 is 1.97 bits per heavy atom. The minimum atomic E-state index is -3.65. The minimum Gasteiger partial charge on any atom is -0.322 e. The quantitative estimate of drug-likeness (QED) is 0.594. The van der Waals surface area contributed by atoms with Crippen molar-refractivity contribution in [1.29, 1.82) is 0 Å². The van der Waals surface area contributed by atoms with Gasteiger partial charge in [-0.05, 0) is 67.4 Å². The van der Waals surface area contributed by atoms with Crippen LogP contribution in [0.2, 0.25) is 0 Å². The summed E-state index contributed by atoms with van der Waals surface area (Å²) in [6, 6.07) is 19.8. The Balaban J connectivity index is 1.51. The topological polar surface area (TPSA) is 101 Å². The van der Waals surface area contributed by atoms with Crippen molar-refractivity contribution in [3.05, 3.63) is 84.4 Å². The van der Waals surface area contributed by atoms with Crippen LogP contribution in [0.4, 0.5) is 5.69 Å². The summed E-state index contributed by atoms with van der Waals surface area (Å²) in [5.41, 5.74) is 0.598. The van der Waals surface area contributed by atoms with Crippen LogP contribution in [0.25, 0.3) is 0 Å². The molecule has 3 aromatic rings. The first-order chi connectivity index (χ1) is 15.3. The van der Waals surface area contributed by atoms with E-state index in [9.17, 15) is 21.6 Å². The van der Waals surface area contributed by atoms with Crippen LogP contribution in [-0.4, -0.2) is 40.1 Å². The lowest BCUT2D eigenvalue weighted by Crippen LogP contribution is -2.28. The summed E-state index contributed by atoms with van der Waals surface area (Å²) >= 11 is 0. The van der Waals surface area contributed by atoms with Crippen molar-refractivity contribution in [3.63, 3.8) is 0 Å². The molecule has 4 rings (SSSR count). The summed E-state index contributed by atoms with van der Waals surface area (Å²) in [7, 11) is -7.28. The number of anilines is 1. The molecule has 1 aliphatic heterocycles. The number of sulfonamides is 1. The van der Waals surface area contributed by atoms with E-state index in [1.807, 2.05) is 0 Å². The van der Waals surface area contributed by atoms with Gasteiger partial charge in [0.2, 0.25) is 19.9 Å². The molecule has 9 heteroatoms. The van der Waals surface area contributed by atoms with Gasteiger partial charge in [0.25, 0.3) is 5.91 Å². The van der Waals surface area contributed by atoms with Gasteiger partial charge in [0, 0.05) is 24.3 Å². The fourth-order valence-electron chi connectivity index (χ4n) is 3.53. The summed E-state index contributed by atoms with van der Waals surface area (Å²) in [5.74, 6) is -0.484. The van der Waals surface area contributed by atoms with Gasteiger partial charge in [-0.2, -0.15) is 4.31 Å². The zero-order valence-electron chi connectivity index (χ0n) is 17.1. The Kier molecular flexibility index (Phi) is 6.14. The van der Waals surface area contributed by atoms with Gasteiger partial charge in [-0.1, -0.05) is 24.3 Å². The fourth-order valence-corrected chi connectivity index (χ4v) is 6.38. The smallest absolute Gasteiger partial charge is 0.255 e. The van der Waals surface area contributed by atoms with Gasteiger partial charge in [0.05, 0.1) is 14.7 Å². The van der Waals surface area contributed by atoms with E-state index in [2.05, 4.69) is 5.32 Å². The summed E-state index contributed by atoms with van der Waals surface area (Å²) in [4.78, 5) is 13.1. The normalized spacial score (nSPS) is 14.9. The highest BCUT2D eigenvalue weighted by molar-refractivity contribution is 7.91. The van der Waals surface area contributed by atoms with Crippen LogP contribution in [0.5, 0.6) is 0 Å². The molecule has 1 fully saturated rings. The highest BCUT2D eigenvalue weighted by Gasteiger charge is 2.27. The highest BCUT2D eigenvalue weighted by Crippen LogP contribution is 2.24. The third kappa shape index (κ3) is 4.45. The van der Waals surface area contributed by atoms with E-state index in [-0.39, 0.29) is 20.2 Å². The maximum Gasteiger partial charge on any atom is 0.255 e. The number of carbonyl (C=O) groups is 1. The molecule has 0 radical (unpaired) electrons. The molecule has 0 bridgehead atoms. The number of benzene rings is 3. The van der Waals surface area contributed by atoms with Crippen LogP contribution < -0.4 is 5.32 Å². The second-order valence-electron chi connectivity index (χ2n) is 7.43. The minimum absolute atomic E-state index is 0.0800. The molecule has 166 valence electrons. The fraction of sp³-hybridized carbons (Fsp3) is 0.174. The number of hydrogen-bond acceptors (Lipinski definition) is 5. The van der Waals surface area contributed by atoms with Crippen molar-refractivity contribution in [2.24, 2.45) is 0 Å². The molecular weight excluding hydrogens is 448 g/mol. The Bertz CT molecular complexity index is 1330. The first-order valence-electron chi connectivity index (χ1n) is 10.1. The van der Waals surface area contributed by atoms with Gasteiger partial charge >= 0.3 is 0 Å². The molecule has 32 heavy (non-hydrogen) atoms. The number of carbonyl (C=O) groups excluding carboxylic acids is 1. The molecule has 0 aliphatic carbocycles. The van der Waals surface area contributed by atoms with E-state index in [4.69, 9.17) is 0 Å². The van der Waals surface area contributed by atoms with Crippen LogP contribution in [-0.2, 0) is 19.9 Å². The van der Waals surface area contributed by atoms with E-state index in [1.54, 1.807) is 18.2 Å². The van der Waals surface area contributed by atoms with Crippen molar-refractivity contribution < 1.29 is 21.6 Å². The van der Waals surface area contributed by atoms with Gasteiger partial charge in [-0.3, -0.25) is 4.79 Å². The van der Waals surface area contributed by atoms with Gasteiger partial charge in [-0.25, -0.2) is 16.8 Å². The Hall–Kier alpha value is -3.01. The van der Waals surface area contributed by atoms with E-state index in [1.165, 1.54) is 65.0 Å². The Labute approximate surface area is 187 Å². The number of sulfone groups is 1. The largest absolute Gasteiger partial charge is 0.322 e. The van der Waals surface area contributed by atoms with Crippen LogP contribution >= 0.6 is 0 Å². The summed E-state index contributed by atoms with van der Waals surface area (Å²) in [5, 5.41) is 2.68. The highest BCUT2D eigenvalue weighted by atomic mass is 32.2. The third-order valence-electron chi connectivity index (χ3n) is 5.28. The van der Waals surface area contributed by atoms with E-state index >= 15 is 0 Å². The average Bonchev–Trinajstić information content (AvgIpc) is 3.36. The number of nitrogens with one attached hydrogen (secondary N) is 1. The SMILES string of the molecule is O=C(Nc1ccc(S(=O)(=O)c2ccccc2)cc1)c1cccc(S(=O)(=O)N2CCCC2)c1. The average molecular weight is 471 g/mol. The maximum absolute atomic E-state index is 12.8.